The molecule has 2 aliphatic rings. The van der Waals surface area contributed by atoms with E-state index in [1.807, 2.05) is 6.92 Å². The minimum absolute atomic E-state index is 0.0511. The molecule has 4 heteroatoms. The second kappa shape index (κ2) is 6.23. The normalized spacial score (nSPS) is 32.9. The molecule has 1 amide bonds. The average molecular weight is 269 g/mol. The Morgan fingerprint density at radius 2 is 2.26 bits per heavy atom. The monoisotopic (exact) mass is 269 g/mol. The molecular weight excluding hydrogens is 242 g/mol. The Morgan fingerprint density at radius 3 is 2.84 bits per heavy atom. The molecule has 2 rings (SSSR count). The van der Waals surface area contributed by atoms with E-state index in [-0.39, 0.29) is 23.5 Å². The predicted molar refractivity (Wildman–Crippen MR) is 74.0 cm³/mol. The molecule has 1 saturated carbocycles. The molecule has 3 atom stereocenters. The predicted octanol–water partition coefficient (Wildman–Crippen LogP) is 2.27. The molecule has 4 nitrogen and oxygen atoms in total. The molecule has 1 aliphatic heterocycles. The van der Waals surface area contributed by atoms with Crippen molar-refractivity contribution in [3.05, 3.63) is 0 Å². The Labute approximate surface area is 116 Å². The van der Waals surface area contributed by atoms with E-state index in [1.165, 1.54) is 0 Å². The summed E-state index contributed by atoms with van der Waals surface area (Å²) in [6.45, 7) is 7.96. The van der Waals surface area contributed by atoms with Gasteiger partial charge in [0.05, 0.1) is 12.2 Å². The van der Waals surface area contributed by atoms with Gasteiger partial charge >= 0.3 is 0 Å². The van der Waals surface area contributed by atoms with Crippen LogP contribution in [0, 0.1) is 5.41 Å². The summed E-state index contributed by atoms with van der Waals surface area (Å²) in [5.74, 6) is 0.156. The van der Waals surface area contributed by atoms with Gasteiger partial charge in [0.15, 0.2) is 0 Å². The van der Waals surface area contributed by atoms with E-state index in [0.29, 0.717) is 12.5 Å². The summed E-state index contributed by atoms with van der Waals surface area (Å²) in [4.78, 5) is 11.9. The molecule has 0 spiro atoms. The van der Waals surface area contributed by atoms with Gasteiger partial charge in [0.25, 0.3) is 0 Å². The summed E-state index contributed by atoms with van der Waals surface area (Å²) < 4.78 is 11.2. The Morgan fingerprint density at radius 1 is 1.47 bits per heavy atom. The van der Waals surface area contributed by atoms with Crippen LogP contribution in [-0.2, 0) is 14.3 Å². The quantitative estimate of drug-likeness (QED) is 0.804. The van der Waals surface area contributed by atoms with Crippen molar-refractivity contribution in [2.24, 2.45) is 5.41 Å². The third-order valence-corrected chi connectivity index (χ3v) is 4.60. The molecule has 0 radical (unpaired) electrons. The van der Waals surface area contributed by atoms with Crippen molar-refractivity contribution in [3.63, 3.8) is 0 Å². The fourth-order valence-corrected chi connectivity index (χ4v) is 3.04. The van der Waals surface area contributed by atoms with E-state index in [2.05, 4.69) is 19.2 Å². The summed E-state index contributed by atoms with van der Waals surface area (Å²) in [5, 5.41) is 3.14. The SMILES string of the molecule is CCO[C@@H]1C[C@@H](NC(=O)CC[C@H]2CCCO2)C1(C)C. The number of hydrogen-bond acceptors (Lipinski definition) is 3. The number of carbonyl (C=O) groups is 1. The van der Waals surface area contributed by atoms with Crippen molar-refractivity contribution in [3.8, 4) is 0 Å². The van der Waals surface area contributed by atoms with Crippen LogP contribution in [0.5, 0.6) is 0 Å². The second-order valence-corrected chi connectivity index (χ2v) is 6.29. The van der Waals surface area contributed by atoms with Crippen LogP contribution >= 0.6 is 0 Å². The molecule has 0 bridgehead atoms. The first-order chi connectivity index (χ1) is 9.04. The first-order valence-corrected chi connectivity index (χ1v) is 7.56. The molecule has 0 unspecified atom stereocenters. The fourth-order valence-electron chi connectivity index (χ4n) is 3.04. The Balaban J connectivity index is 1.68. The zero-order chi connectivity index (χ0) is 13.9. The maximum Gasteiger partial charge on any atom is 0.220 e. The minimum atomic E-state index is 0.0511. The maximum absolute atomic E-state index is 11.9. The van der Waals surface area contributed by atoms with Gasteiger partial charge in [-0.1, -0.05) is 13.8 Å². The summed E-state index contributed by atoms with van der Waals surface area (Å²) in [6, 6.07) is 0.251. The summed E-state index contributed by atoms with van der Waals surface area (Å²) in [5.41, 5.74) is 0.0511. The number of hydrogen-bond donors (Lipinski definition) is 1. The highest BCUT2D eigenvalue weighted by atomic mass is 16.5. The summed E-state index contributed by atoms with van der Waals surface area (Å²) in [6.07, 6.45) is 5.20. The largest absolute Gasteiger partial charge is 0.378 e. The van der Waals surface area contributed by atoms with Crippen LogP contribution in [0.1, 0.15) is 52.9 Å². The number of carbonyl (C=O) groups excluding carboxylic acids is 1. The molecular formula is C15H27NO3. The van der Waals surface area contributed by atoms with Gasteiger partial charge in [0.2, 0.25) is 5.91 Å². The van der Waals surface area contributed by atoms with Crippen molar-refractivity contribution in [2.45, 2.75) is 71.1 Å². The van der Waals surface area contributed by atoms with Crippen LogP contribution in [0.3, 0.4) is 0 Å². The van der Waals surface area contributed by atoms with Gasteiger partial charge in [-0.2, -0.15) is 0 Å². The van der Waals surface area contributed by atoms with Crippen LogP contribution in [0.2, 0.25) is 0 Å². The Hall–Kier alpha value is -0.610. The molecule has 1 aliphatic carbocycles. The van der Waals surface area contributed by atoms with Gasteiger partial charge < -0.3 is 14.8 Å². The molecule has 2 fully saturated rings. The molecule has 0 aromatic carbocycles. The van der Waals surface area contributed by atoms with E-state index in [0.717, 1.165) is 38.9 Å². The number of amides is 1. The third kappa shape index (κ3) is 3.48. The lowest BCUT2D eigenvalue weighted by atomic mass is 9.64. The van der Waals surface area contributed by atoms with Gasteiger partial charge in [0, 0.05) is 31.1 Å². The maximum atomic E-state index is 11.9. The van der Waals surface area contributed by atoms with E-state index in [4.69, 9.17) is 9.47 Å². The van der Waals surface area contributed by atoms with Crippen LogP contribution in [0.25, 0.3) is 0 Å². The van der Waals surface area contributed by atoms with Crippen LogP contribution in [0.15, 0.2) is 0 Å². The number of ether oxygens (including phenoxy) is 2. The second-order valence-electron chi connectivity index (χ2n) is 6.29. The van der Waals surface area contributed by atoms with Gasteiger partial charge in [0.1, 0.15) is 0 Å². The van der Waals surface area contributed by atoms with E-state index in [9.17, 15) is 4.79 Å². The highest BCUT2D eigenvalue weighted by Crippen LogP contribution is 2.42. The highest BCUT2D eigenvalue weighted by molar-refractivity contribution is 5.76. The number of rotatable bonds is 6. The van der Waals surface area contributed by atoms with E-state index in [1.54, 1.807) is 0 Å². The lowest BCUT2D eigenvalue weighted by Gasteiger charge is -2.51. The van der Waals surface area contributed by atoms with Gasteiger partial charge in [-0.05, 0) is 32.6 Å². The van der Waals surface area contributed by atoms with Gasteiger partial charge in [-0.3, -0.25) is 4.79 Å². The fraction of sp³-hybridized carbons (Fsp3) is 0.933. The lowest BCUT2D eigenvalue weighted by Crippen LogP contribution is -2.62. The van der Waals surface area contributed by atoms with Crippen LogP contribution in [-0.4, -0.2) is 37.4 Å². The molecule has 110 valence electrons. The van der Waals surface area contributed by atoms with Crippen molar-refractivity contribution < 1.29 is 14.3 Å². The van der Waals surface area contributed by atoms with Crippen molar-refractivity contribution in [2.75, 3.05) is 13.2 Å². The number of nitrogens with one attached hydrogen (secondary N) is 1. The lowest BCUT2D eigenvalue weighted by molar-refractivity contribution is -0.137. The zero-order valence-corrected chi connectivity index (χ0v) is 12.4. The molecule has 1 heterocycles. The van der Waals surface area contributed by atoms with Crippen LogP contribution < -0.4 is 5.32 Å². The van der Waals surface area contributed by atoms with E-state index < -0.39 is 0 Å². The van der Waals surface area contributed by atoms with E-state index >= 15 is 0 Å². The average Bonchev–Trinajstić information content (AvgIpc) is 2.88. The topological polar surface area (TPSA) is 47.6 Å². The summed E-state index contributed by atoms with van der Waals surface area (Å²) >= 11 is 0. The molecule has 1 N–H and O–H groups in total. The van der Waals surface area contributed by atoms with Gasteiger partial charge in [-0.25, -0.2) is 0 Å². The molecule has 1 saturated heterocycles. The molecule has 0 aromatic heterocycles. The Bertz CT molecular complexity index is 311. The standard InChI is InChI=1S/C15H27NO3/c1-4-18-13-10-12(15(13,2)3)16-14(17)8-7-11-6-5-9-19-11/h11-13H,4-10H2,1-3H3,(H,16,17)/t11-,12-,13-/m1/s1. The Kier molecular flexibility index (Phi) is 4.85. The van der Waals surface area contributed by atoms with Crippen molar-refractivity contribution in [1.82, 2.24) is 5.32 Å². The van der Waals surface area contributed by atoms with Crippen molar-refractivity contribution in [1.29, 1.82) is 0 Å². The molecule has 19 heavy (non-hydrogen) atoms. The van der Waals surface area contributed by atoms with Crippen molar-refractivity contribution >= 4 is 5.91 Å². The minimum Gasteiger partial charge on any atom is -0.378 e. The third-order valence-electron chi connectivity index (χ3n) is 4.60. The smallest absolute Gasteiger partial charge is 0.220 e. The first kappa shape index (κ1) is 14.8. The van der Waals surface area contributed by atoms with Gasteiger partial charge in [-0.15, -0.1) is 0 Å². The molecule has 0 aromatic rings. The first-order valence-electron chi connectivity index (χ1n) is 7.56. The zero-order valence-electron chi connectivity index (χ0n) is 12.4. The van der Waals surface area contributed by atoms with Crippen LogP contribution in [0.4, 0.5) is 0 Å². The highest BCUT2D eigenvalue weighted by Gasteiger charge is 2.49. The summed E-state index contributed by atoms with van der Waals surface area (Å²) in [7, 11) is 0.